The average Bonchev–Trinajstić information content (AvgIpc) is 2.24. The number of carbonyl (C=O) groups is 1. The zero-order valence-electron chi connectivity index (χ0n) is 10.9. The minimum atomic E-state index is -0.197. The van der Waals surface area contributed by atoms with Crippen LogP contribution in [0, 0.1) is 5.41 Å². The Morgan fingerprint density at radius 2 is 1.94 bits per heavy atom. The molecule has 0 aromatic rings. The average molecular weight is 228 g/mol. The molecule has 0 aliphatic heterocycles. The van der Waals surface area contributed by atoms with Gasteiger partial charge >= 0.3 is 0 Å². The summed E-state index contributed by atoms with van der Waals surface area (Å²) in [5.41, 5.74) is -0.197. The molecule has 0 radical (unpaired) electrons. The Kier molecular flexibility index (Phi) is 4.93. The van der Waals surface area contributed by atoms with Gasteiger partial charge in [-0.05, 0) is 26.7 Å². The van der Waals surface area contributed by atoms with Crippen LogP contribution in [0.3, 0.4) is 0 Å². The summed E-state index contributed by atoms with van der Waals surface area (Å²) in [5.74, 6) is 0.368. The summed E-state index contributed by atoms with van der Waals surface area (Å²) in [7, 11) is 0. The van der Waals surface area contributed by atoms with Crippen molar-refractivity contribution in [2.75, 3.05) is 13.2 Å². The molecule has 1 atom stereocenters. The molecule has 1 fully saturated rings. The lowest BCUT2D eigenvalue weighted by atomic mass is 9.61. The first-order valence-electron chi connectivity index (χ1n) is 6.33. The number of ketones is 1. The van der Waals surface area contributed by atoms with Crippen molar-refractivity contribution in [2.24, 2.45) is 5.41 Å². The maximum Gasteiger partial charge on any atom is 0.144 e. The number of Topliss-reactive ketones (excluding diaryl/α,β-unsaturated/α-hetero) is 1. The molecule has 3 heteroatoms. The van der Waals surface area contributed by atoms with Crippen LogP contribution in [-0.4, -0.2) is 31.2 Å². The smallest absolute Gasteiger partial charge is 0.144 e. The van der Waals surface area contributed by atoms with Crippen LogP contribution in [0.5, 0.6) is 0 Å². The molecule has 1 aliphatic rings. The van der Waals surface area contributed by atoms with E-state index in [2.05, 4.69) is 13.8 Å². The number of hydrogen-bond donors (Lipinski definition) is 0. The van der Waals surface area contributed by atoms with E-state index in [1.807, 2.05) is 13.8 Å². The fourth-order valence-corrected chi connectivity index (χ4v) is 2.41. The van der Waals surface area contributed by atoms with Gasteiger partial charge < -0.3 is 9.47 Å². The molecular weight excluding hydrogens is 204 g/mol. The third-order valence-electron chi connectivity index (χ3n) is 3.66. The van der Waals surface area contributed by atoms with Crippen molar-refractivity contribution in [1.29, 1.82) is 0 Å². The highest BCUT2D eigenvalue weighted by atomic mass is 16.5. The molecular formula is C13H24O3. The SMILES string of the molecule is CCC1(CC)C(=O)CC1OCCOC(C)C. The van der Waals surface area contributed by atoms with Gasteiger partial charge in [-0.3, -0.25) is 4.79 Å². The molecule has 0 bridgehead atoms. The molecule has 94 valence electrons. The first-order chi connectivity index (χ1) is 7.56. The number of hydrogen-bond acceptors (Lipinski definition) is 3. The van der Waals surface area contributed by atoms with Crippen molar-refractivity contribution in [2.45, 2.75) is 59.2 Å². The van der Waals surface area contributed by atoms with Gasteiger partial charge in [-0.1, -0.05) is 13.8 Å². The predicted molar refractivity (Wildman–Crippen MR) is 63.5 cm³/mol. The Morgan fingerprint density at radius 3 is 2.38 bits per heavy atom. The molecule has 16 heavy (non-hydrogen) atoms. The van der Waals surface area contributed by atoms with E-state index < -0.39 is 0 Å². The van der Waals surface area contributed by atoms with Crippen molar-refractivity contribution in [1.82, 2.24) is 0 Å². The molecule has 3 nitrogen and oxygen atoms in total. The Balaban J connectivity index is 2.30. The Morgan fingerprint density at radius 1 is 1.31 bits per heavy atom. The Hall–Kier alpha value is -0.410. The van der Waals surface area contributed by atoms with E-state index in [0.29, 0.717) is 25.4 Å². The van der Waals surface area contributed by atoms with Crippen LogP contribution in [0.4, 0.5) is 0 Å². The third-order valence-corrected chi connectivity index (χ3v) is 3.66. The summed E-state index contributed by atoms with van der Waals surface area (Å²) in [6.45, 7) is 9.37. The summed E-state index contributed by atoms with van der Waals surface area (Å²) in [6.07, 6.45) is 2.72. The second-order valence-electron chi connectivity index (χ2n) is 4.77. The second-order valence-corrected chi connectivity index (χ2v) is 4.77. The summed E-state index contributed by atoms with van der Waals surface area (Å²) in [5, 5.41) is 0. The quantitative estimate of drug-likeness (QED) is 0.628. The molecule has 0 heterocycles. The molecule has 1 unspecified atom stereocenters. The van der Waals surface area contributed by atoms with Crippen LogP contribution in [0.1, 0.15) is 47.0 Å². The highest BCUT2D eigenvalue weighted by Gasteiger charge is 2.52. The second kappa shape index (κ2) is 5.78. The van der Waals surface area contributed by atoms with E-state index >= 15 is 0 Å². The molecule has 0 spiro atoms. The summed E-state index contributed by atoms with van der Waals surface area (Å²) in [6, 6.07) is 0. The fourth-order valence-electron chi connectivity index (χ4n) is 2.41. The van der Waals surface area contributed by atoms with Crippen LogP contribution in [0.15, 0.2) is 0 Å². The van der Waals surface area contributed by atoms with E-state index in [1.54, 1.807) is 0 Å². The maximum absolute atomic E-state index is 11.7. The predicted octanol–water partition coefficient (Wildman–Crippen LogP) is 2.58. The van der Waals surface area contributed by atoms with E-state index in [4.69, 9.17) is 9.47 Å². The lowest BCUT2D eigenvalue weighted by Gasteiger charge is -2.46. The van der Waals surface area contributed by atoms with E-state index in [9.17, 15) is 4.79 Å². The van der Waals surface area contributed by atoms with Crippen LogP contribution in [0.25, 0.3) is 0 Å². The maximum atomic E-state index is 11.7. The zero-order chi connectivity index (χ0) is 12.2. The van der Waals surface area contributed by atoms with Gasteiger partial charge in [-0.25, -0.2) is 0 Å². The van der Waals surface area contributed by atoms with Crippen molar-refractivity contribution < 1.29 is 14.3 Å². The zero-order valence-corrected chi connectivity index (χ0v) is 10.9. The van der Waals surface area contributed by atoms with Crippen molar-refractivity contribution in [3.05, 3.63) is 0 Å². The van der Waals surface area contributed by atoms with Crippen molar-refractivity contribution >= 4 is 5.78 Å². The number of ether oxygens (including phenoxy) is 2. The van der Waals surface area contributed by atoms with Gasteiger partial charge in [-0.15, -0.1) is 0 Å². The van der Waals surface area contributed by atoms with E-state index in [1.165, 1.54) is 0 Å². The van der Waals surface area contributed by atoms with Crippen molar-refractivity contribution in [3.8, 4) is 0 Å². The highest BCUT2D eigenvalue weighted by molar-refractivity contribution is 5.92. The molecule has 0 aromatic carbocycles. The van der Waals surface area contributed by atoms with Crippen molar-refractivity contribution in [3.63, 3.8) is 0 Å². The third kappa shape index (κ3) is 2.64. The van der Waals surface area contributed by atoms with Gasteiger partial charge in [-0.2, -0.15) is 0 Å². The van der Waals surface area contributed by atoms with Crippen LogP contribution >= 0.6 is 0 Å². The van der Waals surface area contributed by atoms with Gasteiger partial charge in [0.25, 0.3) is 0 Å². The molecule has 0 amide bonds. The first kappa shape index (κ1) is 13.7. The van der Waals surface area contributed by atoms with Crippen LogP contribution < -0.4 is 0 Å². The Labute approximate surface area is 98.5 Å². The number of carbonyl (C=O) groups excluding carboxylic acids is 1. The first-order valence-corrected chi connectivity index (χ1v) is 6.33. The van der Waals surface area contributed by atoms with Gasteiger partial charge in [0.2, 0.25) is 0 Å². The summed E-state index contributed by atoms with van der Waals surface area (Å²) < 4.78 is 11.2. The van der Waals surface area contributed by atoms with E-state index in [0.717, 1.165) is 12.8 Å². The standard InChI is InChI=1S/C13H24O3/c1-5-13(6-2)11(14)9-12(13)16-8-7-15-10(3)4/h10,12H,5-9H2,1-4H3. The molecule has 1 aliphatic carbocycles. The highest BCUT2D eigenvalue weighted by Crippen LogP contribution is 2.45. The summed E-state index contributed by atoms with van der Waals surface area (Å²) >= 11 is 0. The minimum Gasteiger partial charge on any atom is -0.376 e. The summed E-state index contributed by atoms with van der Waals surface area (Å²) in [4.78, 5) is 11.7. The van der Waals surface area contributed by atoms with Gasteiger partial charge in [0.15, 0.2) is 0 Å². The largest absolute Gasteiger partial charge is 0.376 e. The van der Waals surface area contributed by atoms with Crippen LogP contribution in [-0.2, 0) is 14.3 Å². The lowest BCUT2D eigenvalue weighted by molar-refractivity contribution is -0.167. The normalized spacial score (nSPS) is 23.6. The molecule has 1 saturated carbocycles. The van der Waals surface area contributed by atoms with Gasteiger partial charge in [0, 0.05) is 6.42 Å². The van der Waals surface area contributed by atoms with Crippen LogP contribution in [0.2, 0.25) is 0 Å². The van der Waals surface area contributed by atoms with E-state index in [-0.39, 0.29) is 17.6 Å². The van der Waals surface area contributed by atoms with Gasteiger partial charge in [0.1, 0.15) is 5.78 Å². The van der Waals surface area contributed by atoms with Gasteiger partial charge in [0.05, 0.1) is 30.8 Å². The lowest BCUT2D eigenvalue weighted by Crippen LogP contribution is -2.54. The molecule has 1 rings (SSSR count). The Bertz CT molecular complexity index is 231. The molecule has 0 aromatic heterocycles. The molecule has 0 saturated heterocycles. The fraction of sp³-hybridized carbons (Fsp3) is 0.923. The topological polar surface area (TPSA) is 35.5 Å². The minimum absolute atomic E-state index is 0.116. The monoisotopic (exact) mass is 228 g/mol. The number of rotatable bonds is 7. The molecule has 0 N–H and O–H groups in total.